The summed E-state index contributed by atoms with van der Waals surface area (Å²) in [5.41, 5.74) is 0.893. The minimum atomic E-state index is -0.252. The highest BCUT2D eigenvalue weighted by molar-refractivity contribution is 6.30. The molecule has 2 N–H and O–H groups in total. The van der Waals surface area contributed by atoms with Crippen molar-refractivity contribution >= 4 is 17.5 Å². The number of hydrogen-bond donors (Lipinski definition) is 2. The van der Waals surface area contributed by atoms with E-state index in [9.17, 15) is 4.79 Å². The normalized spacial score (nSPS) is 11.5. The number of nitrogens with one attached hydrogen (secondary N) is 2. The van der Waals surface area contributed by atoms with Crippen LogP contribution in [-0.4, -0.2) is 26.1 Å². The van der Waals surface area contributed by atoms with Gasteiger partial charge in [0, 0.05) is 23.2 Å². The Morgan fingerprint density at radius 1 is 1.55 bits per heavy atom. The molecule has 1 aromatic rings. The largest absolute Gasteiger partial charge is 0.483 e. The number of amides is 1. The van der Waals surface area contributed by atoms with Crippen molar-refractivity contribution < 1.29 is 9.53 Å². The summed E-state index contributed by atoms with van der Waals surface area (Å²) in [5.74, 6) is 0.366. The van der Waals surface area contributed by atoms with Crippen LogP contribution in [0.4, 0.5) is 0 Å². The molecule has 0 aliphatic rings. The van der Waals surface area contributed by atoms with E-state index in [1.165, 1.54) is 0 Å². The Hall–Kier alpha value is -1.77. The molecule has 0 aliphatic heterocycles. The van der Waals surface area contributed by atoms with Crippen LogP contribution in [0, 0.1) is 11.3 Å². The van der Waals surface area contributed by atoms with E-state index >= 15 is 0 Å². The van der Waals surface area contributed by atoms with Gasteiger partial charge in [0.15, 0.2) is 6.61 Å². The molecular weight excluding hydrogens is 278 g/mol. The van der Waals surface area contributed by atoms with Gasteiger partial charge in [-0.05, 0) is 32.2 Å². The molecule has 0 aromatic heterocycles. The molecule has 108 valence electrons. The molecule has 0 fully saturated rings. The number of carbonyl (C=O) groups excluding carboxylic acids is 1. The summed E-state index contributed by atoms with van der Waals surface area (Å²) in [6.45, 7) is 2.22. The molecule has 0 spiro atoms. The zero-order valence-electron chi connectivity index (χ0n) is 11.6. The van der Waals surface area contributed by atoms with Gasteiger partial charge in [0.25, 0.3) is 5.91 Å². The first-order valence-electron chi connectivity index (χ1n) is 6.31. The average Bonchev–Trinajstić information content (AvgIpc) is 2.45. The van der Waals surface area contributed by atoms with Gasteiger partial charge in [-0.25, -0.2) is 0 Å². The molecule has 0 radical (unpaired) electrons. The maximum absolute atomic E-state index is 11.5. The van der Waals surface area contributed by atoms with Crippen LogP contribution in [0.15, 0.2) is 18.2 Å². The van der Waals surface area contributed by atoms with Crippen LogP contribution in [0.3, 0.4) is 0 Å². The predicted octanol–water partition coefficient (Wildman–Crippen LogP) is 2.03. The quantitative estimate of drug-likeness (QED) is 0.755. The third kappa shape index (κ3) is 5.08. The topological polar surface area (TPSA) is 74.2 Å². The van der Waals surface area contributed by atoms with Crippen molar-refractivity contribution in [2.45, 2.75) is 19.4 Å². The number of carbonyl (C=O) groups is 1. The summed E-state index contributed by atoms with van der Waals surface area (Å²) in [7, 11) is 1.84. The van der Waals surface area contributed by atoms with Crippen LogP contribution >= 0.6 is 11.6 Å². The molecule has 1 unspecified atom stereocenters. The first-order chi connectivity index (χ1) is 9.58. The van der Waals surface area contributed by atoms with Gasteiger partial charge >= 0.3 is 0 Å². The van der Waals surface area contributed by atoms with Crippen molar-refractivity contribution in [2.75, 3.05) is 20.2 Å². The third-order valence-electron chi connectivity index (χ3n) is 2.79. The monoisotopic (exact) mass is 295 g/mol. The van der Waals surface area contributed by atoms with Gasteiger partial charge < -0.3 is 15.4 Å². The van der Waals surface area contributed by atoms with Gasteiger partial charge in [-0.1, -0.05) is 11.6 Å². The molecule has 0 aliphatic carbocycles. The Morgan fingerprint density at radius 3 is 2.95 bits per heavy atom. The Balaban J connectivity index is 2.63. The van der Waals surface area contributed by atoms with Crippen molar-refractivity contribution in [3.05, 3.63) is 28.8 Å². The number of nitrogens with zero attached hydrogens (tertiary/aromatic N) is 1. The lowest BCUT2D eigenvalue weighted by molar-refractivity contribution is -0.123. The highest BCUT2D eigenvalue weighted by Gasteiger charge is 2.12. The Bertz CT molecular complexity index is 500. The van der Waals surface area contributed by atoms with E-state index in [1.807, 2.05) is 26.1 Å². The lowest BCUT2D eigenvalue weighted by atomic mass is 10.1. The first-order valence-corrected chi connectivity index (χ1v) is 6.69. The minimum absolute atomic E-state index is 0.0605. The highest BCUT2D eigenvalue weighted by Crippen LogP contribution is 2.28. The van der Waals surface area contributed by atoms with Gasteiger partial charge in [0.05, 0.1) is 12.5 Å². The summed E-state index contributed by atoms with van der Waals surface area (Å²) in [6, 6.07) is 7.29. The van der Waals surface area contributed by atoms with E-state index in [4.69, 9.17) is 21.6 Å². The van der Waals surface area contributed by atoms with Crippen LogP contribution in [0.1, 0.15) is 24.9 Å². The van der Waals surface area contributed by atoms with Crippen LogP contribution in [0.25, 0.3) is 0 Å². The van der Waals surface area contributed by atoms with E-state index < -0.39 is 0 Å². The minimum Gasteiger partial charge on any atom is -0.483 e. The van der Waals surface area contributed by atoms with Gasteiger partial charge in [0.1, 0.15) is 5.75 Å². The SMILES string of the molecule is CNC(C)c1cc(Cl)ccc1OCC(=O)NCCC#N. The molecule has 1 aromatic carbocycles. The van der Waals surface area contributed by atoms with Crippen LogP contribution in [0.5, 0.6) is 5.75 Å². The van der Waals surface area contributed by atoms with Gasteiger partial charge in [-0.2, -0.15) is 5.26 Å². The maximum Gasteiger partial charge on any atom is 0.257 e. The Morgan fingerprint density at radius 2 is 2.30 bits per heavy atom. The molecular formula is C14H18ClN3O2. The average molecular weight is 296 g/mol. The van der Waals surface area contributed by atoms with Crippen LogP contribution in [0.2, 0.25) is 5.02 Å². The van der Waals surface area contributed by atoms with Crippen LogP contribution < -0.4 is 15.4 Å². The molecule has 6 heteroatoms. The molecule has 0 heterocycles. The summed E-state index contributed by atoms with van der Waals surface area (Å²) < 4.78 is 5.51. The second kappa shape index (κ2) is 8.41. The maximum atomic E-state index is 11.5. The molecule has 5 nitrogen and oxygen atoms in total. The third-order valence-corrected chi connectivity index (χ3v) is 3.02. The van der Waals surface area contributed by atoms with Crippen molar-refractivity contribution in [2.24, 2.45) is 0 Å². The number of halogens is 1. The lowest BCUT2D eigenvalue weighted by Gasteiger charge is -2.16. The van der Waals surface area contributed by atoms with Gasteiger partial charge in [-0.15, -0.1) is 0 Å². The van der Waals surface area contributed by atoms with Crippen molar-refractivity contribution in [1.82, 2.24) is 10.6 Å². The van der Waals surface area contributed by atoms with E-state index in [-0.39, 0.29) is 25.0 Å². The van der Waals surface area contributed by atoms with Crippen molar-refractivity contribution in [3.63, 3.8) is 0 Å². The smallest absolute Gasteiger partial charge is 0.257 e. The standard InChI is InChI=1S/C14H18ClN3O2/c1-10(17-2)12-8-11(15)4-5-13(12)20-9-14(19)18-7-3-6-16/h4-5,8,10,17H,3,7,9H2,1-2H3,(H,18,19). The summed E-state index contributed by atoms with van der Waals surface area (Å²) in [5, 5.41) is 14.7. The molecule has 0 saturated heterocycles. The van der Waals surface area contributed by atoms with E-state index in [0.717, 1.165) is 5.56 Å². The second-order valence-corrected chi connectivity index (χ2v) is 4.68. The van der Waals surface area contributed by atoms with Gasteiger partial charge in [-0.3, -0.25) is 4.79 Å². The molecule has 0 saturated carbocycles. The van der Waals surface area contributed by atoms with Crippen LogP contribution in [-0.2, 0) is 4.79 Å². The summed E-state index contributed by atoms with van der Waals surface area (Å²) in [6.07, 6.45) is 0.286. The summed E-state index contributed by atoms with van der Waals surface area (Å²) >= 11 is 5.97. The number of hydrogen-bond acceptors (Lipinski definition) is 4. The number of rotatable bonds is 7. The highest BCUT2D eigenvalue weighted by atomic mass is 35.5. The molecule has 1 rings (SSSR count). The van der Waals surface area contributed by atoms with E-state index in [1.54, 1.807) is 12.1 Å². The fraction of sp³-hybridized carbons (Fsp3) is 0.429. The molecule has 1 atom stereocenters. The predicted molar refractivity (Wildman–Crippen MR) is 77.7 cm³/mol. The number of nitriles is 1. The lowest BCUT2D eigenvalue weighted by Crippen LogP contribution is -2.29. The van der Waals surface area contributed by atoms with Crippen molar-refractivity contribution in [3.8, 4) is 11.8 Å². The summed E-state index contributed by atoms with van der Waals surface area (Å²) in [4.78, 5) is 11.5. The Kier molecular flexibility index (Phi) is 6.85. The fourth-order valence-electron chi connectivity index (χ4n) is 1.60. The second-order valence-electron chi connectivity index (χ2n) is 4.24. The molecule has 20 heavy (non-hydrogen) atoms. The first kappa shape index (κ1) is 16.3. The zero-order valence-corrected chi connectivity index (χ0v) is 12.3. The number of ether oxygens (including phenoxy) is 1. The molecule has 0 bridgehead atoms. The number of benzene rings is 1. The zero-order chi connectivity index (χ0) is 15.0. The van der Waals surface area contributed by atoms with E-state index in [0.29, 0.717) is 17.3 Å². The van der Waals surface area contributed by atoms with Gasteiger partial charge in [0.2, 0.25) is 0 Å². The van der Waals surface area contributed by atoms with Crippen molar-refractivity contribution in [1.29, 1.82) is 5.26 Å². The fourth-order valence-corrected chi connectivity index (χ4v) is 1.78. The van der Waals surface area contributed by atoms with E-state index in [2.05, 4.69) is 10.6 Å². The Labute approximate surface area is 123 Å². The molecule has 1 amide bonds.